The molecule has 10 heteroatoms. The van der Waals surface area contributed by atoms with Crippen LogP contribution < -0.4 is 4.90 Å². The van der Waals surface area contributed by atoms with Crippen molar-refractivity contribution >= 4 is 23.5 Å². The zero-order valence-electron chi connectivity index (χ0n) is 15.7. The van der Waals surface area contributed by atoms with Crippen molar-refractivity contribution in [2.24, 2.45) is 0 Å². The Morgan fingerprint density at radius 3 is 2.39 bits per heavy atom. The van der Waals surface area contributed by atoms with Crippen LogP contribution in [-0.2, 0) is 0 Å². The van der Waals surface area contributed by atoms with Crippen molar-refractivity contribution in [1.82, 2.24) is 25.4 Å². The van der Waals surface area contributed by atoms with Crippen molar-refractivity contribution in [3.05, 3.63) is 77.9 Å². The van der Waals surface area contributed by atoms with E-state index >= 15 is 0 Å². The molecule has 0 fully saturated rings. The average Bonchev–Trinajstić information content (AvgIpc) is 3.41. The van der Waals surface area contributed by atoms with E-state index in [0.717, 1.165) is 4.90 Å². The number of nitrogens with zero attached hydrogens (tertiary/aromatic N) is 5. The second kappa shape index (κ2) is 6.95. The van der Waals surface area contributed by atoms with E-state index in [1.54, 1.807) is 18.2 Å². The zero-order chi connectivity index (χ0) is 21.5. The highest BCUT2D eigenvalue weighted by Crippen LogP contribution is 2.34. The summed E-state index contributed by atoms with van der Waals surface area (Å²) >= 11 is 0. The summed E-state index contributed by atoms with van der Waals surface area (Å²) in [5.41, 5.74) is 2.22. The molecular formula is C21H12N6O4. The van der Waals surface area contributed by atoms with Crippen LogP contribution in [0.1, 0.15) is 31.1 Å². The highest BCUT2D eigenvalue weighted by molar-refractivity contribution is 6.35. The van der Waals surface area contributed by atoms with Gasteiger partial charge in [0.25, 0.3) is 11.8 Å². The number of carbonyl (C=O) groups excluding carboxylic acids is 2. The molecule has 2 aromatic heterocycles. The van der Waals surface area contributed by atoms with E-state index in [4.69, 9.17) is 0 Å². The summed E-state index contributed by atoms with van der Waals surface area (Å²) in [6.45, 7) is 0. The average molecular weight is 412 g/mol. The maximum Gasteiger partial charge on any atom is 0.337 e. The predicted molar refractivity (Wildman–Crippen MR) is 107 cm³/mol. The fraction of sp³-hybridized carbons (Fsp3) is 0. The summed E-state index contributed by atoms with van der Waals surface area (Å²) in [6, 6.07) is 9.10. The first-order valence-electron chi connectivity index (χ1n) is 9.07. The smallest absolute Gasteiger partial charge is 0.337 e. The number of hydrogen-bond acceptors (Lipinski definition) is 7. The largest absolute Gasteiger partial charge is 0.478 e. The minimum atomic E-state index is -1.28. The van der Waals surface area contributed by atoms with Crippen molar-refractivity contribution in [2.45, 2.75) is 0 Å². The number of amides is 2. The lowest BCUT2D eigenvalue weighted by molar-refractivity contribution is 0.0698. The molecule has 4 aromatic rings. The van der Waals surface area contributed by atoms with Crippen molar-refractivity contribution in [3.8, 4) is 22.5 Å². The molecule has 0 unspecified atom stereocenters. The monoisotopic (exact) mass is 412 g/mol. The molecule has 2 amide bonds. The quantitative estimate of drug-likeness (QED) is 0.487. The summed E-state index contributed by atoms with van der Waals surface area (Å²) < 4.78 is 0. The predicted octanol–water partition coefficient (Wildman–Crippen LogP) is 2.43. The SMILES string of the molecule is O=C(O)c1cc(-c2cnccn2)ccc1N1C(=O)c2ccc(-c3cn[nH]n3)cc2C1=O. The summed E-state index contributed by atoms with van der Waals surface area (Å²) in [4.78, 5) is 47.1. The Kier molecular flexibility index (Phi) is 4.11. The third-order valence-corrected chi connectivity index (χ3v) is 4.92. The van der Waals surface area contributed by atoms with Crippen molar-refractivity contribution in [2.75, 3.05) is 4.90 Å². The highest BCUT2D eigenvalue weighted by atomic mass is 16.4. The van der Waals surface area contributed by atoms with Crippen LogP contribution in [0.3, 0.4) is 0 Å². The third kappa shape index (κ3) is 2.94. The lowest BCUT2D eigenvalue weighted by Gasteiger charge is -2.17. The van der Waals surface area contributed by atoms with Crippen LogP contribution in [0.15, 0.2) is 61.2 Å². The number of rotatable bonds is 4. The van der Waals surface area contributed by atoms with Crippen LogP contribution in [0.4, 0.5) is 5.69 Å². The number of imide groups is 1. The zero-order valence-corrected chi connectivity index (χ0v) is 15.7. The number of aromatic nitrogens is 5. The number of nitrogens with one attached hydrogen (secondary N) is 1. The molecule has 2 N–H and O–H groups in total. The Morgan fingerprint density at radius 1 is 0.903 bits per heavy atom. The summed E-state index contributed by atoms with van der Waals surface area (Å²) in [7, 11) is 0. The summed E-state index contributed by atoms with van der Waals surface area (Å²) in [6.07, 6.45) is 5.98. The summed E-state index contributed by atoms with van der Waals surface area (Å²) in [5, 5.41) is 20.0. The van der Waals surface area contributed by atoms with Crippen LogP contribution in [0.25, 0.3) is 22.5 Å². The van der Waals surface area contributed by atoms with Gasteiger partial charge in [-0.3, -0.25) is 19.6 Å². The van der Waals surface area contributed by atoms with Gasteiger partial charge in [0.05, 0.1) is 40.5 Å². The number of hydrogen-bond donors (Lipinski definition) is 2. The fourth-order valence-electron chi connectivity index (χ4n) is 3.47. The van der Waals surface area contributed by atoms with Gasteiger partial charge in [-0.1, -0.05) is 12.1 Å². The van der Waals surface area contributed by atoms with Crippen molar-refractivity contribution in [3.63, 3.8) is 0 Å². The molecule has 1 aliphatic heterocycles. The maximum atomic E-state index is 13.1. The van der Waals surface area contributed by atoms with Gasteiger partial charge < -0.3 is 5.11 Å². The van der Waals surface area contributed by atoms with Gasteiger partial charge >= 0.3 is 5.97 Å². The fourth-order valence-corrected chi connectivity index (χ4v) is 3.47. The van der Waals surface area contributed by atoms with Gasteiger partial charge in [0.2, 0.25) is 0 Å². The van der Waals surface area contributed by atoms with Gasteiger partial charge in [-0.15, -0.1) is 0 Å². The second-order valence-electron chi connectivity index (χ2n) is 6.69. The molecule has 0 aliphatic carbocycles. The number of fused-ring (bicyclic) bond motifs is 1. The number of anilines is 1. The van der Waals surface area contributed by atoms with E-state index in [1.807, 2.05) is 0 Å². The van der Waals surface area contributed by atoms with Crippen molar-refractivity contribution in [1.29, 1.82) is 0 Å². The number of carbonyl (C=O) groups is 3. The first-order valence-corrected chi connectivity index (χ1v) is 9.07. The first kappa shape index (κ1) is 18.3. The molecule has 1 aliphatic rings. The van der Waals surface area contributed by atoms with E-state index in [2.05, 4.69) is 25.4 Å². The van der Waals surface area contributed by atoms with Gasteiger partial charge in [-0.05, 0) is 24.3 Å². The molecule has 0 radical (unpaired) electrons. The number of carboxylic acid groups (broad SMARTS) is 1. The number of benzene rings is 2. The molecule has 2 aromatic carbocycles. The number of H-pyrrole nitrogens is 1. The lowest BCUT2D eigenvalue weighted by Crippen LogP contribution is -2.31. The first-order chi connectivity index (χ1) is 15.0. The molecule has 0 spiro atoms. The van der Waals surface area contributed by atoms with Gasteiger partial charge in [-0.2, -0.15) is 15.4 Å². The molecule has 0 atom stereocenters. The minimum absolute atomic E-state index is 0.0191. The molecule has 150 valence electrons. The van der Waals surface area contributed by atoms with Crippen molar-refractivity contribution < 1.29 is 19.5 Å². The standard InChI is InChI=1S/C21H12N6O4/c28-19-13-3-1-12(17-10-24-26-25-17)7-14(13)20(29)27(19)18-4-2-11(8-15(18)21(30)31)16-9-22-5-6-23-16/h1-10H,(H,30,31)(H,24,25,26). The molecule has 10 nitrogen and oxygen atoms in total. The second-order valence-corrected chi connectivity index (χ2v) is 6.69. The maximum absolute atomic E-state index is 13.1. The Balaban J connectivity index is 1.59. The van der Waals surface area contributed by atoms with Gasteiger partial charge in [0.1, 0.15) is 5.69 Å². The molecule has 5 rings (SSSR count). The van der Waals surface area contributed by atoms with E-state index in [0.29, 0.717) is 22.5 Å². The number of aromatic carboxylic acids is 1. The van der Waals surface area contributed by atoms with Gasteiger partial charge in [0.15, 0.2) is 0 Å². The number of aromatic amines is 1. The Hall–Kier alpha value is -4.73. The van der Waals surface area contributed by atoms with Gasteiger partial charge in [0, 0.05) is 23.5 Å². The third-order valence-electron chi connectivity index (χ3n) is 4.92. The van der Waals surface area contributed by atoms with E-state index in [9.17, 15) is 19.5 Å². The van der Waals surface area contributed by atoms with Gasteiger partial charge in [-0.25, -0.2) is 9.69 Å². The van der Waals surface area contributed by atoms with Crippen LogP contribution in [-0.4, -0.2) is 48.3 Å². The van der Waals surface area contributed by atoms with E-state index in [-0.39, 0.29) is 22.4 Å². The molecule has 0 saturated carbocycles. The normalized spacial score (nSPS) is 12.8. The Morgan fingerprint density at radius 2 is 1.68 bits per heavy atom. The van der Waals surface area contributed by atoms with Crippen LogP contribution >= 0.6 is 0 Å². The lowest BCUT2D eigenvalue weighted by atomic mass is 10.0. The van der Waals surface area contributed by atoms with Crippen LogP contribution in [0, 0.1) is 0 Å². The molecule has 0 bridgehead atoms. The Labute approximate surface area is 174 Å². The van der Waals surface area contributed by atoms with Crippen LogP contribution in [0.5, 0.6) is 0 Å². The minimum Gasteiger partial charge on any atom is -0.478 e. The van der Waals surface area contributed by atoms with Crippen LogP contribution in [0.2, 0.25) is 0 Å². The molecule has 0 saturated heterocycles. The number of carboxylic acids is 1. The molecule has 3 heterocycles. The topological polar surface area (TPSA) is 142 Å². The highest BCUT2D eigenvalue weighted by Gasteiger charge is 2.38. The van der Waals surface area contributed by atoms with E-state index in [1.165, 1.54) is 43.0 Å². The van der Waals surface area contributed by atoms with E-state index < -0.39 is 17.8 Å². The molecular weight excluding hydrogens is 400 g/mol. The summed E-state index contributed by atoms with van der Waals surface area (Å²) in [5.74, 6) is -2.48. The molecule has 31 heavy (non-hydrogen) atoms. The Bertz CT molecular complexity index is 1350.